The highest BCUT2D eigenvalue weighted by atomic mass is 16.6. The average molecular weight is 563 g/mol. The highest BCUT2D eigenvalue weighted by Crippen LogP contribution is 2.31. The molecule has 1 fully saturated rings. The zero-order valence-electron chi connectivity index (χ0n) is 24.7. The molecule has 4 aromatic rings. The van der Waals surface area contributed by atoms with Gasteiger partial charge in [-0.05, 0) is 88.9 Å². The second-order valence-corrected chi connectivity index (χ2v) is 11.9. The Kier molecular flexibility index (Phi) is 8.69. The summed E-state index contributed by atoms with van der Waals surface area (Å²) in [7, 11) is 2.19. The molecule has 1 aliphatic rings. The summed E-state index contributed by atoms with van der Waals surface area (Å²) in [6.45, 7) is 7.22. The monoisotopic (exact) mass is 562 g/mol. The average Bonchev–Trinajstić information content (AvgIpc) is 3.39. The lowest BCUT2D eigenvalue weighted by molar-refractivity contribution is 0.0354. The van der Waals surface area contributed by atoms with Gasteiger partial charge in [0.25, 0.3) is 0 Å². The molecule has 8 heteroatoms. The molecule has 5 rings (SSSR count). The van der Waals surface area contributed by atoms with Crippen LogP contribution >= 0.6 is 0 Å². The smallest absolute Gasteiger partial charge is 0.411 e. The Balaban J connectivity index is 1.27. The molecule has 1 aromatic heterocycles. The number of nitriles is 1. The first-order valence-electron chi connectivity index (χ1n) is 14.5. The number of carbonyl (C=O) groups excluding carboxylic acids is 1. The van der Waals surface area contributed by atoms with Gasteiger partial charge in [0.1, 0.15) is 11.6 Å². The minimum absolute atomic E-state index is 0.0837. The maximum Gasteiger partial charge on any atom is 0.411 e. The van der Waals surface area contributed by atoms with Crippen LogP contribution < -0.4 is 5.32 Å². The number of aromatic nitrogens is 3. The number of carbonyl (C=O) groups is 1. The molecule has 1 amide bonds. The van der Waals surface area contributed by atoms with Crippen LogP contribution in [0, 0.1) is 11.3 Å². The van der Waals surface area contributed by atoms with Gasteiger partial charge in [-0.2, -0.15) is 5.26 Å². The molecule has 0 atom stereocenters. The number of fused-ring (bicyclic) bond motifs is 1. The van der Waals surface area contributed by atoms with Gasteiger partial charge in [0.15, 0.2) is 0 Å². The van der Waals surface area contributed by atoms with Crippen molar-refractivity contribution in [3.05, 3.63) is 83.9 Å². The molecule has 0 saturated heterocycles. The molecule has 3 aromatic carbocycles. The number of hydrogen-bond donors (Lipinski definition) is 1. The molecule has 0 bridgehead atoms. The van der Waals surface area contributed by atoms with E-state index in [0.29, 0.717) is 29.4 Å². The fourth-order valence-electron chi connectivity index (χ4n) is 5.49. The summed E-state index contributed by atoms with van der Waals surface area (Å²) in [5.74, 6) is 0. The quantitative estimate of drug-likeness (QED) is 0.254. The van der Waals surface area contributed by atoms with Crippen molar-refractivity contribution in [2.24, 2.45) is 0 Å². The van der Waals surface area contributed by atoms with Gasteiger partial charge in [0.05, 0.1) is 29.4 Å². The van der Waals surface area contributed by atoms with Crippen LogP contribution in [0.1, 0.15) is 57.6 Å². The first kappa shape index (κ1) is 29.0. The third-order valence-corrected chi connectivity index (χ3v) is 8.12. The minimum atomic E-state index is -0.424. The number of amides is 1. The molecule has 8 nitrogen and oxygen atoms in total. The Morgan fingerprint density at radius 2 is 1.86 bits per heavy atom. The van der Waals surface area contributed by atoms with Crippen LogP contribution in [-0.2, 0) is 11.3 Å². The Hall–Kier alpha value is -4.48. The van der Waals surface area contributed by atoms with E-state index in [1.54, 1.807) is 16.8 Å². The van der Waals surface area contributed by atoms with E-state index in [2.05, 4.69) is 54.4 Å². The molecule has 1 aliphatic carbocycles. The molecule has 42 heavy (non-hydrogen) atoms. The van der Waals surface area contributed by atoms with E-state index in [0.717, 1.165) is 47.9 Å². The van der Waals surface area contributed by atoms with Gasteiger partial charge < -0.3 is 4.74 Å². The predicted octanol–water partition coefficient (Wildman–Crippen LogP) is 7.27. The molecule has 1 heterocycles. The van der Waals surface area contributed by atoms with Crippen molar-refractivity contribution >= 4 is 28.9 Å². The van der Waals surface area contributed by atoms with E-state index < -0.39 is 6.09 Å². The molecule has 0 spiro atoms. The van der Waals surface area contributed by atoms with Crippen molar-refractivity contribution in [2.75, 3.05) is 12.4 Å². The van der Waals surface area contributed by atoms with Crippen molar-refractivity contribution in [2.45, 2.75) is 70.7 Å². The molecule has 1 N–H and O–H groups in total. The number of nitrogens with zero attached hydrogens (tertiary/aromatic N) is 5. The third kappa shape index (κ3) is 6.87. The molecule has 216 valence electrons. The summed E-state index contributed by atoms with van der Waals surface area (Å²) >= 11 is 0. The zero-order valence-corrected chi connectivity index (χ0v) is 24.7. The fraction of sp³-hybridized carbons (Fsp3) is 0.353. The largest absolute Gasteiger partial charge is 0.446 e. The Morgan fingerprint density at radius 3 is 2.57 bits per heavy atom. The summed E-state index contributed by atoms with van der Waals surface area (Å²) in [6.07, 6.45) is 7.24. The molecule has 1 saturated carbocycles. The summed E-state index contributed by atoms with van der Waals surface area (Å²) in [5.41, 5.74) is 5.81. The standard InChI is InChI=1S/C34H38N6O2/c1-34(2,3)39(4)27-14-16-28(17-15-27)42-33(41)36-30-21-24(12-18-29(30)26-10-6-5-7-11-26)9-8-20-40-32-19-13-25(23-35)22-31(32)37-38-40/h5-13,18-19,21-22,27-28H,14-17,20H2,1-4H3,(H,36,41)/b9-8+. The number of benzene rings is 3. The van der Waals surface area contributed by atoms with Crippen LogP contribution in [0.2, 0.25) is 0 Å². The lowest BCUT2D eigenvalue weighted by atomic mass is 9.89. The molecular weight excluding hydrogens is 524 g/mol. The SMILES string of the molecule is CN(C1CCC(OC(=O)Nc2cc(/C=C/Cn3nnc4cc(C#N)ccc43)ccc2-c2ccccc2)CC1)C(C)(C)C. The summed E-state index contributed by atoms with van der Waals surface area (Å²) in [6, 6.07) is 24.0. The van der Waals surface area contributed by atoms with Crippen LogP contribution in [0.4, 0.5) is 10.5 Å². The first-order chi connectivity index (χ1) is 20.2. The number of anilines is 1. The van der Waals surface area contributed by atoms with Crippen LogP contribution in [-0.4, -0.2) is 50.7 Å². The first-order valence-corrected chi connectivity index (χ1v) is 14.5. The number of allylic oxidation sites excluding steroid dienone is 1. The molecule has 0 radical (unpaired) electrons. The van der Waals surface area contributed by atoms with E-state index in [9.17, 15) is 4.79 Å². The Bertz CT molecular complexity index is 1600. The lowest BCUT2D eigenvalue weighted by Gasteiger charge is -2.41. The lowest BCUT2D eigenvalue weighted by Crippen LogP contribution is -2.47. The summed E-state index contributed by atoms with van der Waals surface area (Å²) < 4.78 is 7.69. The van der Waals surface area contributed by atoms with E-state index in [4.69, 9.17) is 10.00 Å². The van der Waals surface area contributed by atoms with Gasteiger partial charge in [-0.25, -0.2) is 9.48 Å². The van der Waals surface area contributed by atoms with E-state index >= 15 is 0 Å². The van der Waals surface area contributed by atoms with Crippen molar-refractivity contribution in [1.29, 1.82) is 5.26 Å². The maximum absolute atomic E-state index is 13.1. The van der Waals surface area contributed by atoms with E-state index in [1.807, 2.05) is 66.7 Å². The molecular formula is C34H38N6O2. The zero-order chi connectivity index (χ0) is 29.7. The Labute approximate surface area is 247 Å². The van der Waals surface area contributed by atoms with Gasteiger partial charge in [0, 0.05) is 17.1 Å². The van der Waals surface area contributed by atoms with Crippen LogP contribution in [0.3, 0.4) is 0 Å². The normalized spacial score (nSPS) is 17.4. The molecule has 0 unspecified atom stereocenters. The van der Waals surface area contributed by atoms with Crippen molar-refractivity contribution in [3.8, 4) is 17.2 Å². The number of rotatable bonds is 7. The van der Waals surface area contributed by atoms with Crippen LogP contribution in [0.5, 0.6) is 0 Å². The van der Waals surface area contributed by atoms with Gasteiger partial charge >= 0.3 is 6.09 Å². The predicted molar refractivity (Wildman–Crippen MR) is 167 cm³/mol. The van der Waals surface area contributed by atoms with Gasteiger partial charge in [0.2, 0.25) is 0 Å². The molecule has 0 aliphatic heterocycles. The number of ether oxygens (including phenoxy) is 1. The Morgan fingerprint density at radius 1 is 1.10 bits per heavy atom. The van der Waals surface area contributed by atoms with Crippen molar-refractivity contribution < 1.29 is 9.53 Å². The van der Waals surface area contributed by atoms with Gasteiger partial charge in [-0.15, -0.1) is 5.10 Å². The van der Waals surface area contributed by atoms with Crippen molar-refractivity contribution in [1.82, 2.24) is 19.9 Å². The highest BCUT2D eigenvalue weighted by molar-refractivity contribution is 5.92. The van der Waals surface area contributed by atoms with Crippen molar-refractivity contribution in [3.63, 3.8) is 0 Å². The summed E-state index contributed by atoms with van der Waals surface area (Å²) in [4.78, 5) is 15.5. The third-order valence-electron chi connectivity index (χ3n) is 8.12. The van der Waals surface area contributed by atoms with Gasteiger partial charge in [-0.3, -0.25) is 10.2 Å². The number of nitrogens with one attached hydrogen (secondary N) is 1. The summed E-state index contributed by atoms with van der Waals surface area (Å²) in [5, 5.41) is 20.6. The minimum Gasteiger partial charge on any atom is -0.446 e. The second-order valence-electron chi connectivity index (χ2n) is 11.9. The van der Waals surface area contributed by atoms with E-state index in [-0.39, 0.29) is 11.6 Å². The topological polar surface area (TPSA) is 96.1 Å². The second kappa shape index (κ2) is 12.6. The van der Waals surface area contributed by atoms with E-state index in [1.165, 1.54) is 0 Å². The van der Waals surface area contributed by atoms with Gasteiger partial charge in [-0.1, -0.05) is 59.8 Å². The fourth-order valence-corrected chi connectivity index (χ4v) is 5.49. The maximum atomic E-state index is 13.1. The van der Waals surface area contributed by atoms with Crippen LogP contribution in [0.25, 0.3) is 28.2 Å². The van der Waals surface area contributed by atoms with Crippen LogP contribution in [0.15, 0.2) is 72.8 Å². The number of hydrogen-bond acceptors (Lipinski definition) is 6. The highest BCUT2D eigenvalue weighted by Gasteiger charge is 2.31.